The van der Waals surface area contributed by atoms with Crippen LogP contribution in [0.1, 0.15) is 85.1 Å². The first kappa shape index (κ1) is 41.0. The fraction of sp³-hybridized carbons (Fsp3) is 0.647. The highest BCUT2D eigenvalue weighted by Gasteiger charge is 2.45. The van der Waals surface area contributed by atoms with E-state index in [9.17, 15) is 41.9 Å². The summed E-state index contributed by atoms with van der Waals surface area (Å²) in [6.45, 7) is 7.35. The second-order valence-corrected chi connectivity index (χ2v) is 13.9. The summed E-state index contributed by atoms with van der Waals surface area (Å²) in [5.74, 6) is -3.40. The lowest BCUT2D eigenvalue weighted by Gasteiger charge is -2.35. The van der Waals surface area contributed by atoms with E-state index in [4.69, 9.17) is 10.5 Å². The Balaban J connectivity index is 0.000000922. The van der Waals surface area contributed by atoms with Crippen LogP contribution in [0.25, 0.3) is 0 Å². The van der Waals surface area contributed by atoms with Gasteiger partial charge in [-0.2, -0.15) is 13.2 Å². The smallest absolute Gasteiger partial charge is 0.386 e. The van der Waals surface area contributed by atoms with E-state index in [0.29, 0.717) is 12.8 Å². The van der Waals surface area contributed by atoms with Gasteiger partial charge in [-0.3, -0.25) is 24.0 Å². The van der Waals surface area contributed by atoms with Crippen LogP contribution in [-0.2, 0) is 35.3 Å². The molecule has 1 heterocycles. The number of ether oxygens (including phenoxy) is 1. The van der Waals surface area contributed by atoms with E-state index in [-0.39, 0.29) is 31.9 Å². The summed E-state index contributed by atoms with van der Waals surface area (Å²) < 4.78 is 36.2. The van der Waals surface area contributed by atoms with Crippen LogP contribution < -0.4 is 21.7 Å². The molecule has 0 spiro atoms. The number of primary amides is 1. The maximum atomic E-state index is 13.8. The van der Waals surface area contributed by atoms with E-state index in [2.05, 4.69) is 16.0 Å². The minimum absolute atomic E-state index is 0.0164. The van der Waals surface area contributed by atoms with Gasteiger partial charge in [0.15, 0.2) is 0 Å². The Morgan fingerprint density at radius 1 is 0.959 bits per heavy atom. The molecule has 1 aromatic rings. The molecule has 5 amide bonds. The zero-order chi connectivity index (χ0) is 36.9. The van der Waals surface area contributed by atoms with E-state index in [1.165, 1.54) is 24.2 Å². The van der Waals surface area contributed by atoms with Crippen LogP contribution in [-0.4, -0.2) is 77.8 Å². The van der Waals surface area contributed by atoms with Crippen molar-refractivity contribution in [1.82, 2.24) is 20.9 Å². The maximum Gasteiger partial charge on any atom is 0.386 e. The van der Waals surface area contributed by atoms with Crippen molar-refractivity contribution in [2.75, 3.05) is 13.1 Å². The molecule has 1 saturated heterocycles. The van der Waals surface area contributed by atoms with Crippen LogP contribution in [0, 0.1) is 17.3 Å². The molecule has 4 rings (SSSR count). The number of rotatable bonds is 12. The van der Waals surface area contributed by atoms with Crippen molar-refractivity contribution in [1.29, 1.82) is 0 Å². The Bertz CT molecular complexity index is 1290. The number of hydrogen-bond donors (Lipinski definition) is 4. The van der Waals surface area contributed by atoms with Gasteiger partial charge in [-0.25, -0.2) is 4.79 Å². The molecule has 2 aliphatic carbocycles. The number of esters is 1. The number of nitrogens with two attached hydrogens (primary N) is 1. The average molecular weight is 698 g/mol. The number of likely N-dealkylation sites (tertiary alicyclic amines) is 1. The van der Waals surface area contributed by atoms with E-state index in [1.807, 2.05) is 37.3 Å². The number of alkyl halides is 3. The molecule has 3 unspecified atom stereocenters. The van der Waals surface area contributed by atoms with Crippen LogP contribution in [0.15, 0.2) is 30.3 Å². The number of halogens is 3. The first-order valence-corrected chi connectivity index (χ1v) is 16.5. The number of benzene rings is 1. The molecule has 2 saturated carbocycles. The molecular weight excluding hydrogens is 647 g/mol. The topological polar surface area (TPSA) is 177 Å². The number of hydrogen-bond acceptors (Lipinski definition) is 7. The molecule has 274 valence electrons. The van der Waals surface area contributed by atoms with E-state index < -0.39 is 71.8 Å². The molecular formula is C34H50F3N5O7. The first-order chi connectivity index (χ1) is 22.8. The van der Waals surface area contributed by atoms with E-state index in [0.717, 1.165) is 18.4 Å². The van der Waals surface area contributed by atoms with E-state index in [1.54, 1.807) is 20.8 Å². The summed E-state index contributed by atoms with van der Waals surface area (Å²) in [4.78, 5) is 77.2. The molecule has 5 N–H and O–H groups in total. The Morgan fingerprint density at radius 2 is 1.53 bits per heavy atom. The molecule has 15 heteroatoms. The quantitative estimate of drug-likeness (QED) is 0.190. The van der Waals surface area contributed by atoms with Crippen molar-refractivity contribution in [3.63, 3.8) is 0 Å². The van der Waals surface area contributed by atoms with Crippen molar-refractivity contribution >= 4 is 35.5 Å². The number of nitrogens with one attached hydrogen (secondary N) is 3. The molecule has 0 aromatic heterocycles. The Labute approximate surface area is 285 Å². The monoisotopic (exact) mass is 697 g/mol. The summed E-state index contributed by atoms with van der Waals surface area (Å²) in [6, 6.07) is 5.41. The lowest BCUT2D eigenvalue weighted by Crippen LogP contribution is -2.60. The molecule has 12 nitrogen and oxygen atoms in total. The SMILES string of the molecule is C1CC1.CC(F)(F)F.C[C@@H]1CC(C(=O)NC(CC2CC2)C(=O)C(N)=O)N(C(=O)C(NC(=O)NCC(=O)OCc2ccccc2)C(C)(C)C)C1. The first-order valence-electron chi connectivity index (χ1n) is 16.5. The average Bonchev–Trinajstić information content (AvgIpc) is 3.94. The molecule has 4 atom stereocenters. The van der Waals surface area contributed by atoms with Gasteiger partial charge < -0.3 is 31.3 Å². The van der Waals surface area contributed by atoms with Gasteiger partial charge in [0.25, 0.3) is 5.91 Å². The van der Waals surface area contributed by atoms with Gasteiger partial charge in [0.2, 0.25) is 17.6 Å². The van der Waals surface area contributed by atoms with Crippen molar-refractivity contribution in [2.45, 2.75) is 110 Å². The molecule has 3 aliphatic rings. The normalized spacial score (nSPS) is 19.4. The Morgan fingerprint density at radius 3 is 2.02 bits per heavy atom. The summed E-state index contributed by atoms with van der Waals surface area (Å²) in [5.41, 5.74) is 5.26. The molecule has 1 aliphatic heterocycles. The zero-order valence-electron chi connectivity index (χ0n) is 28.9. The number of ketones is 1. The number of urea groups is 1. The Hall–Kier alpha value is -4.17. The summed E-state index contributed by atoms with van der Waals surface area (Å²) in [6.07, 6.45) is 3.00. The second kappa shape index (κ2) is 18.6. The third-order valence-electron chi connectivity index (χ3n) is 7.62. The van der Waals surface area contributed by atoms with Gasteiger partial charge in [-0.05, 0) is 35.7 Å². The Kier molecular flexibility index (Phi) is 15.5. The van der Waals surface area contributed by atoms with Crippen molar-refractivity contribution in [2.24, 2.45) is 23.0 Å². The predicted octanol–water partition coefficient (Wildman–Crippen LogP) is 3.76. The summed E-state index contributed by atoms with van der Waals surface area (Å²) in [5, 5.41) is 7.73. The second-order valence-electron chi connectivity index (χ2n) is 13.9. The fourth-order valence-corrected chi connectivity index (χ4v) is 4.83. The summed E-state index contributed by atoms with van der Waals surface area (Å²) >= 11 is 0. The zero-order valence-corrected chi connectivity index (χ0v) is 28.9. The van der Waals surface area contributed by atoms with Crippen LogP contribution >= 0.6 is 0 Å². The standard InChI is InChI=1S/C29H41N5O7.C3H6.C2H3F3/c1-17-12-21(26(38)32-20(13-18-10-11-18)23(36)25(30)37)34(15-17)27(39)24(29(2,3)4)33-28(40)31-14-22(35)41-16-19-8-6-5-7-9-19;1-2-3-1;1-2(3,4)5/h5-9,17-18,20-21,24H,10-16H2,1-4H3,(H2,30,37)(H,32,38)(H2,31,33,40);1-3H2;1H3/t17-,20?,21?,24?;;/m1../s1. The number of carbonyl (C=O) groups excluding carboxylic acids is 6. The lowest BCUT2D eigenvalue weighted by atomic mass is 9.85. The largest absolute Gasteiger partial charge is 0.460 e. The van der Waals surface area contributed by atoms with Gasteiger partial charge in [-0.1, -0.05) is 90.1 Å². The molecule has 3 fully saturated rings. The number of amides is 5. The minimum atomic E-state index is -4.00. The molecule has 0 radical (unpaired) electrons. The fourth-order valence-electron chi connectivity index (χ4n) is 4.83. The van der Waals surface area contributed by atoms with Crippen molar-refractivity contribution in [3.8, 4) is 0 Å². The molecule has 0 bridgehead atoms. The summed E-state index contributed by atoms with van der Waals surface area (Å²) in [7, 11) is 0. The lowest BCUT2D eigenvalue weighted by molar-refractivity contribution is -0.143. The minimum Gasteiger partial charge on any atom is -0.460 e. The van der Waals surface area contributed by atoms with Crippen molar-refractivity contribution < 1.29 is 46.7 Å². The third kappa shape index (κ3) is 16.7. The highest BCUT2D eigenvalue weighted by Crippen LogP contribution is 2.34. The number of Topliss-reactive ketones (excluding diaryl/α,β-unsaturated/α-hetero) is 1. The highest BCUT2D eigenvalue weighted by molar-refractivity contribution is 6.37. The predicted molar refractivity (Wildman–Crippen MR) is 174 cm³/mol. The van der Waals surface area contributed by atoms with Gasteiger partial charge in [0.05, 0.1) is 6.04 Å². The number of nitrogens with zero attached hydrogens (tertiary/aromatic N) is 1. The van der Waals surface area contributed by atoms with Crippen LogP contribution in [0.5, 0.6) is 0 Å². The van der Waals surface area contributed by atoms with Crippen LogP contribution in [0.2, 0.25) is 0 Å². The van der Waals surface area contributed by atoms with Gasteiger partial charge >= 0.3 is 18.2 Å². The van der Waals surface area contributed by atoms with Crippen LogP contribution in [0.3, 0.4) is 0 Å². The molecule has 1 aromatic carbocycles. The van der Waals surface area contributed by atoms with Gasteiger partial charge in [0.1, 0.15) is 25.2 Å². The molecule has 49 heavy (non-hydrogen) atoms. The highest BCUT2D eigenvalue weighted by atomic mass is 19.4. The van der Waals surface area contributed by atoms with Gasteiger partial charge in [-0.15, -0.1) is 0 Å². The van der Waals surface area contributed by atoms with Gasteiger partial charge in [0, 0.05) is 13.5 Å². The van der Waals surface area contributed by atoms with Crippen LogP contribution in [0.4, 0.5) is 18.0 Å². The maximum absolute atomic E-state index is 13.8. The van der Waals surface area contributed by atoms with E-state index >= 15 is 0 Å². The number of carbonyl (C=O) groups is 6. The third-order valence-corrected chi connectivity index (χ3v) is 7.62. The van der Waals surface area contributed by atoms with Crippen molar-refractivity contribution in [3.05, 3.63) is 35.9 Å².